The summed E-state index contributed by atoms with van der Waals surface area (Å²) in [5.74, 6) is -2.38. The largest absolute Gasteiger partial charge is 0.481 e. The van der Waals surface area contributed by atoms with Crippen molar-refractivity contribution in [3.05, 3.63) is 0 Å². The molecule has 9 heavy (non-hydrogen) atoms. The molecular weight excluding hydrogens is 120 g/mol. The Bertz CT molecular complexity index is 370. The Hall–Kier alpha value is -0.570. The van der Waals surface area contributed by atoms with Crippen molar-refractivity contribution in [3.63, 3.8) is 0 Å². The van der Waals surface area contributed by atoms with Gasteiger partial charge < -0.3 is 10.2 Å². The zero-order chi connectivity index (χ0) is 16.1. The van der Waals surface area contributed by atoms with E-state index in [9.17, 15) is 4.79 Å². The van der Waals surface area contributed by atoms with E-state index in [1.807, 2.05) is 0 Å². The molecule has 0 bridgehead atoms. The van der Waals surface area contributed by atoms with E-state index >= 15 is 0 Å². The fourth-order valence-corrected chi connectivity index (χ4v) is 0.144. The standard InChI is InChI=1S/C6H12O3/c7-5-3-1-2-4-6(8)9/h7H,1-5H2,(H,8,9)/i1D2,2D2,3D2,4D2,5D2. The smallest absolute Gasteiger partial charge is 0.303 e. The second-order valence-corrected chi connectivity index (χ2v) is 0.917. The number of hydrogen-bond acceptors (Lipinski definition) is 2. The summed E-state index contributed by atoms with van der Waals surface area (Å²) in [5, 5.41) is 17.5. The first-order valence-corrected chi connectivity index (χ1v) is 1.90. The van der Waals surface area contributed by atoms with E-state index < -0.39 is 38.0 Å². The summed E-state index contributed by atoms with van der Waals surface area (Å²) < 4.78 is 70.7. The minimum atomic E-state index is -3.97. The van der Waals surface area contributed by atoms with E-state index in [4.69, 9.17) is 23.9 Å². The van der Waals surface area contributed by atoms with Crippen LogP contribution in [0.2, 0.25) is 0 Å². The van der Waals surface area contributed by atoms with Gasteiger partial charge >= 0.3 is 5.97 Å². The Morgan fingerprint density at radius 3 is 2.56 bits per heavy atom. The predicted octanol–water partition coefficient (Wildman–Crippen LogP) is 0.624. The summed E-state index contributed by atoms with van der Waals surface area (Å²) in [6.07, 6.45) is -15.7. The molecule has 0 saturated heterocycles. The summed E-state index contributed by atoms with van der Waals surface area (Å²) in [7, 11) is 0. The highest BCUT2D eigenvalue weighted by Crippen LogP contribution is 1.97. The molecular formula is C6H12O3. The zero-order valence-corrected chi connectivity index (χ0v) is 4.30. The van der Waals surface area contributed by atoms with Crippen molar-refractivity contribution in [2.45, 2.75) is 25.5 Å². The van der Waals surface area contributed by atoms with Crippen molar-refractivity contribution in [1.29, 1.82) is 0 Å². The third-order valence-corrected chi connectivity index (χ3v) is 0.350. The van der Waals surface area contributed by atoms with E-state index in [2.05, 4.69) is 0 Å². The quantitative estimate of drug-likeness (QED) is 0.591. The Labute approximate surface area is 68.4 Å². The molecule has 0 aromatic heterocycles. The Kier molecular flexibility index (Phi) is 0.947. The van der Waals surface area contributed by atoms with Crippen LogP contribution >= 0.6 is 0 Å². The molecule has 0 heterocycles. The molecule has 0 aromatic carbocycles. The maximum atomic E-state index is 10.6. The number of carboxylic acid groups (broad SMARTS) is 1. The van der Waals surface area contributed by atoms with Crippen molar-refractivity contribution in [2.24, 2.45) is 0 Å². The van der Waals surface area contributed by atoms with Gasteiger partial charge in [-0.15, -0.1) is 0 Å². The molecule has 54 valence electrons. The third kappa shape index (κ3) is 7.43. The van der Waals surface area contributed by atoms with Gasteiger partial charge in [-0.25, -0.2) is 0 Å². The average molecular weight is 142 g/mol. The van der Waals surface area contributed by atoms with Crippen LogP contribution in [0.5, 0.6) is 0 Å². The van der Waals surface area contributed by atoms with Gasteiger partial charge in [-0.2, -0.15) is 0 Å². The van der Waals surface area contributed by atoms with E-state index in [-0.39, 0.29) is 0 Å². The first kappa shape index (κ1) is 1.53. The van der Waals surface area contributed by atoms with Crippen molar-refractivity contribution in [2.75, 3.05) is 6.56 Å². The van der Waals surface area contributed by atoms with E-state index in [0.717, 1.165) is 0 Å². The Balaban J connectivity index is 5.99. The number of carbonyl (C=O) groups is 1. The average Bonchev–Trinajstić information content (AvgIpc) is 2.14. The van der Waals surface area contributed by atoms with Crippen LogP contribution in [0.25, 0.3) is 0 Å². The second-order valence-electron chi connectivity index (χ2n) is 0.917. The van der Waals surface area contributed by atoms with Gasteiger partial charge in [0.2, 0.25) is 0 Å². The molecule has 0 saturated carbocycles. The maximum Gasteiger partial charge on any atom is 0.303 e. The summed E-state index contributed by atoms with van der Waals surface area (Å²) >= 11 is 0. The minimum absolute atomic E-state index is 2.38. The predicted molar refractivity (Wildman–Crippen MR) is 33.2 cm³/mol. The maximum absolute atomic E-state index is 10.6. The normalized spacial score (nSPS) is 33.9. The minimum Gasteiger partial charge on any atom is -0.481 e. The fourth-order valence-electron chi connectivity index (χ4n) is 0.144. The molecule has 3 heteroatoms. The van der Waals surface area contributed by atoms with Crippen molar-refractivity contribution >= 4 is 5.97 Å². The van der Waals surface area contributed by atoms with E-state index in [1.165, 1.54) is 0 Å². The molecule has 0 aliphatic carbocycles. The highest BCUT2D eigenvalue weighted by molar-refractivity contribution is 5.66. The molecule has 0 fully saturated rings. The van der Waals surface area contributed by atoms with Gasteiger partial charge in [0.25, 0.3) is 0 Å². The number of aliphatic hydroxyl groups is 1. The van der Waals surface area contributed by atoms with Crippen LogP contribution in [0.15, 0.2) is 0 Å². The van der Waals surface area contributed by atoms with Crippen LogP contribution in [0.1, 0.15) is 39.2 Å². The van der Waals surface area contributed by atoms with Gasteiger partial charge in [-0.05, 0) is 12.7 Å². The number of carboxylic acids is 1. The lowest BCUT2D eigenvalue weighted by atomic mass is 10.2. The van der Waals surface area contributed by atoms with Gasteiger partial charge in [0.05, 0.1) is 2.74 Å². The molecule has 3 nitrogen and oxygen atoms in total. The highest BCUT2D eigenvalue weighted by atomic mass is 16.4. The van der Waals surface area contributed by atoms with Crippen molar-refractivity contribution < 1.29 is 28.7 Å². The van der Waals surface area contributed by atoms with Crippen LogP contribution in [-0.4, -0.2) is 22.7 Å². The zero-order valence-electron chi connectivity index (χ0n) is 14.3. The van der Waals surface area contributed by atoms with Gasteiger partial charge in [0, 0.05) is 23.9 Å². The first-order valence-electron chi connectivity index (χ1n) is 6.90. The summed E-state index contributed by atoms with van der Waals surface area (Å²) in [6, 6.07) is 0. The lowest BCUT2D eigenvalue weighted by Crippen LogP contribution is -1.94. The van der Waals surface area contributed by atoms with Crippen LogP contribution in [0.3, 0.4) is 0 Å². The molecule has 0 aromatic rings. The van der Waals surface area contributed by atoms with Gasteiger partial charge in [-0.3, -0.25) is 4.79 Å². The van der Waals surface area contributed by atoms with Crippen LogP contribution in [-0.2, 0) is 4.79 Å². The number of aliphatic carboxylic acids is 1. The highest BCUT2D eigenvalue weighted by Gasteiger charge is 1.94. The topological polar surface area (TPSA) is 57.5 Å². The lowest BCUT2D eigenvalue weighted by molar-refractivity contribution is -0.137. The number of hydrogen-bond donors (Lipinski definition) is 2. The van der Waals surface area contributed by atoms with Crippen LogP contribution in [0, 0.1) is 0 Å². The molecule has 0 radical (unpaired) electrons. The lowest BCUT2D eigenvalue weighted by Gasteiger charge is -1.92. The molecule has 0 atom stereocenters. The van der Waals surface area contributed by atoms with E-state index in [0.29, 0.717) is 0 Å². The monoisotopic (exact) mass is 142 g/mol. The molecule has 0 unspecified atom stereocenters. The molecule has 0 aliphatic heterocycles. The summed E-state index contributed by atoms with van der Waals surface area (Å²) in [6.45, 7) is -3.85. The van der Waals surface area contributed by atoms with Crippen LogP contribution in [0.4, 0.5) is 0 Å². The third-order valence-electron chi connectivity index (χ3n) is 0.350. The van der Waals surface area contributed by atoms with Gasteiger partial charge in [-0.1, -0.05) is 6.37 Å². The van der Waals surface area contributed by atoms with Crippen molar-refractivity contribution in [3.8, 4) is 0 Å². The van der Waals surface area contributed by atoms with Crippen molar-refractivity contribution in [1.82, 2.24) is 0 Å². The molecule has 0 spiro atoms. The van der Waals surface area contributed by atoms with Crippen LogP contribution < -0.4 is 0 Å². The van der Waals surface area contributed by atoms with Gasteiger partial charge in [0.15, 0.2) is 0 Å². The molecule has 2 N–H and O–H groups in total. The SMILES string of the molecule is [2H]C([2H])(O)C([2H])([2H])C([2H])([2H])C([2H])([2H])C([2H])([2H])C(=O)O. The Morgan fingerprint density at radius 1 is 1.44 bits per heavy atom. The number of rotatable bonds is 5. The molecule has 0 rings (SSSR count). The fraction of sp³-hybridized carbons (Fsp3) is 0.833. The summed E-state index contributed by atoms with van der Waals surface area (Å²) in [5.41, 5.74) is 0. The van der Waals surface area contributed by atoms with Gasteiger partial charge in [0.1, 0.15) is 0 Å². The summed E-state index contributed by atoms with van der Waals surface area (Å²) in [4.78, 5) is 10.6. The first-order chi connectivity index (χ1) is 7.94. The Morgan fingerprint density at radius 2 is 2.11 bits per heavy atom. The molecule has 0 aliphatic rings. The molecule has 0 amide bonds. The second kappa shape index (κ2) is 5.56. The van der Waals surface area contributed by atoms with E-state index in [1.54, 1.807) is 0 Å².